The Kier molecular flexibility index (Phi) is 5.50. The Labute approximate surface area is 169 Å². The van der Waals surface area contributed by atoms with Crippen molar-refractivity contribution in [3.63, 3.8) is 0 Å². The van der Waals surface area contributed by atoms with Crippen LogP contribution in [-0.4, -0.2) is 44.8 Å². The van der Waals surface area contributed by atoms with Gasteiger partial charge in [0.1, 0.15) is 11.6 Å². The summed E-state index contributed by atoms with van der Waals surface area (Å²) in [7, 11) is 0. The standard InChI is InChI=1S/C22H27FN4O2/c1-14(2)26-10-8-18-17(13-26)22(29)25-21(24-18)19-7-4-9-27(19)20(28)12-15-5-3-6-16(23)11-15/h3,5-6,11,14,19H,4,7-10,12-13H2,1-2H3,(H,24,25,29)/t19-/m0/s1. The molecule has 29 heavy (non-hydrogen) atoms. The molecule has 1 saturated heterocycles. The molecule has 1 amide bonds. The molecule has 0 bridgehead atoms. The van der Waals surface area contributed by atoms with E-state index in [2.05, 4.69) is 23.7 Å². The van der Waals surface area contributed by atoms with E-state index in [1.54, 1.807) is 17.0 Å². The second kappa shape index (κ2) is 8.06. The van der Waals surface area contributed by atoms with E-state index in [1.165, 1.54) is 12.1 Å². The summed E-state index contributed by atoms with van der Waals surface area (Å²) >= 11 is 0. The monoisotopic (exact) mass is 398 g/mol. The second-order valence-electron chi connectivity index (χ2n) is 8.24. The predicted octanol–water partition coefficient (Wildman–Crippen LogP) is 2.58. The summed E-state index contributed by atoms with van der Waals surface area (Å²) in [6.45, 7) is 6.37. The van der Waals surface area contributed by atoms with Crippen molar-refractivity contribution in [3.05, 3.63) is 63.1 Å². The largest absolute Gasteiger partial charge is 0.332 e. The minimum atomic E-state index is -0.343. The van der Waals surface area contributed by atoms with Crippen molar-refractivity contribution in [2.75, 3.05) is 13.1 Å². The summed E-state index contributed by atoms with van der Waals surface area (Å²) in [5.41, 5.74) is 2.15. The number of rotatable bonds is 4. The lowest BCUT2D eigenvalue weighted by molar-refractivity contribution is -0.131. The molecule has 1 aromatic heterocycles. The zero-order valence-corrected chi connectivity index (χ0v) is 16.9. The highest BCUT2D eigenvalue weighted by molar-refractivity contribution is 5.79. The lowest BCUT2D eigenvalue weighted by atomic mass is 10.0. The first-order chi connectivity index (χ1) is 13.9. The molecule has 2 aliphatic heterocycles. The van der Waals surface area contributed by atoms with Gasteiger partial charge in [-0.2, -0.15) is 0 Å². The first kappa shape index (κ1) is 19.8. The lowest BCUT2D eigenvalue weighted by Gasteiger charge is -2.31. The molecule has 1 N–H and O–H groups in total. The van der Waals surface area contributed by atoms with Crippen LogP contribution < -0.4 is 5.56 Å². The van der Waals surface area contributed by atoms with Crippen molar-refractivity contribution in [1.82, 2.24) is 19.8 Å². The summed E-state index contributed by atoms with van der Waals surface area (Å²) < 4.78 is 13.4. The minimum Gasteiger partial charge on any atom is -0.332 e. The molecule has 1 atom stereocenters. The maximum Gasteiger partial charge on any atom is 0.255 e. The first-order valence-corrected chi connectivity index (χ1v) is 10.3. The Morgan fingerprint density at radius 2 is 2.17 bits per heavy atom. The van der Waals surface area contributed by atoms with Gasteiger partial charge in [0.25, 0.3) is 5.56 Å². The van der Waals surface area contributed by atoms with Gasteiger partial charge in [-0.1, -0.05) is 12.1 Å². The van der Waals surface area contributed by atoms with E-state index in [9.17, 15) is 14.0 Å². The fourth-order valence-corrected chi connectivity index (χ4v) is 4.34. The minimum absolute atomic E-state index is 0.0653. The number of likely N-dealkylation sites (tertiary alicyclic amines) is 1. The molecule has 3 heterocycles. The number of H-pyrrole nitrogens is 1. The zero-order chi connectivity index (χ0) is 20.5. The summed E-state index contributed by atoms with van der Waals surface area (Å²) in [5.74, 6) is 0.172. The van der Waals surface area contributed by atoms with E-state index in [1.807, 2.05) is 0 Å². The number of benzene rings is 1. The highest BCUT2D eigenvalue weighted by Gasteiger charge is 2.33. The molecule has 0 unspecified atom stereocenters. The van der Waals surface area contributed by atoms with Crippen LogP contribution in [0.4, 0.5) is 4.39 Å². The summed E-state index contributed by atoms with van der Waals surface area (Å²) in [6, 6.07) is 6.29. The molecule has 6 nitrogen and oxygen atoms in total. The van der Waals surface area contributed by atoms with Gasteiger partial charge >= 0.3 is 0 Å². The Bertz CT molecular complexity index is 972. The van der Waals surface area contributed by atoms with E-state index in [-0.39, 0.29) is 29.7 Å². The zero-order valence-electron chi connectivity index (χ0n) is 16.9. The van der Waals surface area contributed by atoms with Gasteiger partial charge < -0.3 is 9.88 Å². The van der Waals surface area contributed by atoms with Gasteiger partial charge in [-0.15, -0.1) is 0 Å². The molecule has 1 fully saturated rings. The van der Waals surface area contributed by atoms with Crippen molar-refractivity contribution in [2.45, 2.75) is 58.2 Å². The van der Waals surface area contributed by atoms with E-state index in [4.69, 9.17) is 4.98 Å². The highest BCUT2D eigenvalue weighted by atomic mass is 19.1. The number of hydrogen-bond acceptors (Lipinski definition) is 4. The number of hydrogen-bond donors (Lipinski definition) is 1. The summed E-state index contributed by atoms with van der Waals surface area (Å²) in [5, 5.41) is 0. The van der Waals surface area contributed by atoms with E-state index < -0.39 is 0 Å². The third kappa shape index (κ3) is 4.10. The van der Waals surface area contributed by atoms with Gasteiger partial charge in [0.05, 0.1) is 23.7 Å². The third-order valence-electron chi connectivity index (χ3n) is 5.98. The number of fused-ring (bicyclic) bond motifs is 1. The average Bonchev–Trinajstić information content (AvgIpc) is 3.17. The molecule has 0 spiro atoms. The predicted molar refractivity (Wildman–Crippen MR) is 108 cm³/mol. The van der Waals surface area contributed by atoms with Gasteiger partial charge in [-0.05, 0) is 44.4 Å². The maximum absolute atomic E-state index is 13.4. The van der Waals surface area contributed by atoms with Crippen LogP contribution in [0.5, 0.6) is 0 Å². The molecule has 0 aliphatic carbocycles. The number of carbonyl (C=O) groups excluding carboxylic acids is 1. The Morgan fingerprint density at radius 3 is 2.93 bits per heavy atom. The number of nitrogens with zero attached hydrogens (tertiary/aromatic N) is 3. The molecule has 2 aliphatic rings. The van der Waals surface area contributed by atoms with Crippen LogP contribution in [0.25, 0.3) is 0 Å². The van der Waals surface area contributed by atoms with Crippen molar-refractivity contribution in [3.8, 4) is 0 Å². The lowest BCUT2D eigenvalue weighted by Crippen LogP contribution is -2.40. The molecular weight excluding hydrogens is 371 g/mol. The number of aromatic amines is 1. The van der Waals surface area contributed by atoms with Crippen molar-refractivity contribution in [2.24, 2.45) is 0 Å². The highest BCUT2D eigenvalue weighted by Crippen LogP contribution is 2.31. The maximum atomic E-state index is 13.4. The molecule has 0 saturated carbocycles. The average molecular weight is 398 g/mol. The third-order valence-corrected chi connectivity index (χ3v) is 5.98. The number of amides is 1. The van der Waals surface area contributed by atoms with Crippen LogP contribution in [-0.2, 0) is 24.2 Å². The molecule has 154 valence electrons. The van der Waals surface area contributed by atoms with Crippen molar-refractivity contribution in [1.29, 1.82) is 0 Å². The number of halogens is 1. The quantitative estimate of drug-likeness (QED) is 0.860. The fourth-order valence-electron chi connectivity index (χ4n) is 4.34. The van der Waals surface area contributed by atoms with E-state index in [0.29, 0.717) is 30.5 Å². The number of carbonyl (C=O) groups is 1. The topological polar surface area (TPSA) is 69.3 Å². The van der Waals surface area contributed by atoms with Crippen molar-refractivity contribution < 1.29 is 9.18 Å². The van der Waals surface area contributed by atoms with Gasteiger partial charge in [-0.25, -0.2) is 9.37 Å². The Hall–Kier alpha value is -2.54. The van der Waals surface area contributed by atoms with Gasteiger partial charge in [0.2, 0.25) is 5.91 Å². The fraction of sp³-hybridized carbons (Fsp3) is 0.500. The summed E-state index contributed by atoms with van der Waals surface area (Å²) in [4.78, 5) is 37.4. The van der Waals surface area contributed by atoms with Crippen LogP contribution in [0.3, 0.4) is 0 Å². The SMILES string of the molecule is CC(C)N1CCc2nc([C@@H]3CCCN3C(=O)Cc3cccc(F)c3)[nH]c(=O)c2C1. The smallest absolute Gasteiger partial charge is 0.255 e. The van der Waals surface area contributed by atoms with Crippen LogP contribution in [0, 0.1) is 5.82 Å². The van der Waals surface area contributed by atoms with Crippen molar-refractivity contribution >= 4 is 5.91 Å². The first-order valence-electron chi connectivity index (χ1n) is 10.3. The molecule has 2 aromatic rings. The van der Waals surface area contributed by atoms with Crippen LogP contribution >= 0.6 is 0 Å². The Balaban J connectivity index is 1.55. The molecule has 0 radical (unpaired) electrons. The molecule has 1 aromatic carbocycles. The van der Waals surface area contributed by atoms with Gasteiger partial charge in [0.15, 0.2) is 0 Å². The second-order valence-corrected chi connectivity index (χ2v) is 8.24. The normalized spacial score (nSPS) is 19.6. The van der Waals surface area contributed by atoms with Crippen LogP contribution in [0.1, 0.15) is 55.4 Å². The molecule has 4 rings (SSSR count). The van der Waals surface area contributed by atoms with Gasteiger partial charge in [0, 0.05) is 32.1 Å². The number of nitrogens with one attached hydrogen (secondary N) is 1. The Morgan fingerprint density at radius 1 is 1.34 bits per heavy atom. The molecular formula is C22H27FN4O2. The molecule has 7 heteroatoms. The van der Waals surface area contributed by atoms with Crippen LogP contribution in [0.2, 0.25) is 0 Å². The van der Waals surface area contributed by atoms with E-state index in [0.717, 1.165) is 37.1 Å². The van der Waals surface area contributed by atoms with E-state index >= 15 is 0 Å². The number of aromatic nitrogens is 2. The van der Waals surface area contributed by atoms with Crippen LogP contribution in [0.15, 0.2) is 29.1 Å². The van der Waals surface area contributed by atoms with Gasteiger partial charge in [-0.3, -0.25) is 14.5 Å². The summed E-state index contributed by atoms with van der Waals surface area (Å²) in [6.07, 6.45) is 2.53.